The van der Waals surface area contributed by atoms with Crippen molar-refractivity contribution in [1.29, 1.82) is 0 Å². The van der Waals surface area contributed by atoms with Crippen LogP contribution in [0.5, 0.6) is 0 Å². The Balaban J connectivity index is 2.80. The quantitative estimate of drug-likeness (QED) is 0.412. The van der Waals surface area contributed by atoms with E-state index in [0.717, 1.165) is 0 Å². The van der Waals surface area contributed by atoms with Gasteiger partial charge in [0.2, 0.25) is 0 Å². The minimum Gasteiger partial charge on any atom is -0.510 e. The molecule has 0 saturated heterocycles. The maximum atomic E-state index is 9.70. The highest BCUT2D eigenvalue weighted by molar-refractivity contribution is 5.51. The lowest BCUT2D eigenvalue weighted by Gasteiger charge is -2.25. The van der Waals surface area contributed by atoms with Gasteiger partial charge in [0, 0.05) is 0 Å². The molecule has 0 radical (unpaired) electrons. The van der Waals surface area contributed by atoms with E-state index in [4.69, 9.17) is 5.11 Å². The fourth-order valence-corrected chi connectivity index (χ4v) is 1.55. The van der Waals surface area contributed by atoms with Crippen LogP contribution in [0.3, 0.4) is 0 Å². The van der Waals surface area contributed by atoms with E-state index in [0.29, 0.717) is 5.56 Å². The summed E-state index contributed by atoms with van der Waals surface area (Å²) in [6.07, 6.45) is -6.23. The monoisotopic (exact) mass is 282 g/mol. The molecular weight excluding hydrogens is 264 g/mol. The Bertz CT molecular complexity index is 470. The lowest BCUT2D eigenvalue weighted by molar-refractivity contribution is -0.0998. The molecule has 0 bridgehead atoms. The number of aliphatic hydroxyl groups is 6. The van der Waals surface area contributed by atoms with Crippen molar-refractivity contribution in [2.24, 2.45) is 0 Å². The minimum atomic E-state index is -1.89. The Hall–Kier alpha value is -1.86. The summed E-state index contributed by atoms with van der Waals surface area (Å²) in [7, 11) is 0. The first-order chi connectivity index (χ1) is 9.34. The Kier molecular flexibility index (Phi) is 5.72. The summed E-state index contributed by atoms with van der Waals surface area (Å²) in [6, 6.07) is 8.53. The smallest absolute Gasteiger partial charge is 0.139 e. The third kappa shape index (κ3) is 4.07. The lowest BCUT2D eigenvalue weighted by Crippen LogP contribution is -2.45. The molecule has 0 spiro atoms. The van der Waals surface area contributed by atoms with Crippen LogP contribution in [0.1, 0.15) is 5.56 Å². The highest BCUT2D eigenvalue weighted by Gasteiger charge is 2.33. The molecule has 6 N–H and O–H groups in total. The van der Waals surface area contributed by atoms with Gasteiger partial charge in [-0.15, -0.1) is 0 Å². The maximum Gasteiger partial charge on any atom is 0.139 e. The predicted molar refractivity (Wildman–Crippen MR) is 72.8 cm³/mol. The molecular formula is C14H18O6. The molecule has 0 aliphatic heterocycles. The van der Waals surface area contributed by atoms with Crippen LogP contribution >= 0.6 is 0 Å². The standard InChI is InChI=1S/C14H18O6/c1-8(15)11(17)13(19)14(20)12(18)10(16)7-9-5-3-2-4-6-9/h2-7,11-20H,1H2. The number of rotatable bonds is 6. The van der Waals surface area contributed by atoms with Crippen molar-refractivity contribution >= 4 is 6.08 Å². The molecule has 0 aliphatic carbocycles. The van der Waals surface area contributed by atoms with E-state index in [2.05, 4.69) is 6.58 Å². The summed E-state index contributed by atoms with van der Waals surface area (Å²) >= 11 is 0. The minimum absolute atomic E-state index is 0.581. The molecule has 1 aromatic rings. The SMILES string of the molecule is C=C(O)C(O)C(O)C(O)C(O)C(O)=Cc1ccccc1. The van der Waals surface area contributed by atoms with Crippen LogP contribution in [-0.4, -0.2) is 55.1 Å². The fourth-order valence-electron chi connectivity index (χ4n) is 1.55. The van der Waals surface area contributed by atoms with Gasteiger partial charge in [-0.05, 0) is 11.6 Å². The first-order valence-corrected chi connectivity index (χ1v) is 5.90. The van der Waals surface area contributed by atoms with E-state index < -0.39 is 35.9 Å². The van der Waals surface area contributed by atoms with Gasteiger partial charge in [-0.1, -0.05) is 36.9 Å². The van der Waals surface area contributed by atoms with Gasteiger partial charge < -0.3 is 30.6 Å². The second-order valence-corrected chi connectivity index (χ2v) is 4.34. The van der Waals surface area contributed by atoms with Crippen LogP contribution in [0.15, 0.2) is 48.4 Å². The van der Waals surface area contributed by atoms with Crippen LogP contribution in [0.4, 0.5) is 0 Å². The van der Waals surface area contributed by atoms with Crippen molar-refractivity contribution in [3.8, 4) is 0 Å². The van der Waals surface area contributed by atoms with Crippen molar-refractivity contribution < 1.29 is 30.6 Å². The molecule has 1 rings (SSSR count). The van der Waals surface area contributed by atoms with Gasteiger partial charge in [-0.25, -0.2) is 0 Å². The number of hydrogen-bond donors (Lipinski definition) is 6. The van der Waals surface area contributed by atoms with Crippen molar-refractivity contribution in [1.82, 2.24) is 0 Å². The molecule has 20 heavy (non-hydrogen) atoms. The van der Waals surface area contributed by atoms with Crippen LogP contribution in [0.25, 0.3) is 6.08 Å². The number of benzene rings is 1. The third-order valence-corrected chi connectivity index (χ3v) is 2.76. The van der Waals surface area contributed by atoms with Crippen LogP contribution < -0.4 is 0 Å². The topological polar surface area (TPSA) is 121 Å². The van der Waals surface area contributed by atoms with Crippen LogP contribution in [0.2, 0.25) is 0 Å². The molecule has 0 amide bonds. The second kappa shape index (κ2) is 7.06. The van der Waals surface area contributed by atoms with Crippen molar-refractivity contribution in [3.05, 3.63) is 54.0 Å². The Labute approximate surface area is 116 Å². The summed E-state index contributed by atoms with van der Waals surface area (Å²) in [5, 5.41) is 56.8. The van der Waals surface area contributed by atoms with Gasteiger partial charge in [-0.2, -0.15) is 0 Å². The molecule has 0 fully saturated rings. The van der Waals surface area contributed by atoms with E-state index in [1.54, 1.807) is 30.3 Å². The molecule has 0 aliphatic rings. The van der Waals surface area contributed by atoms with Crippen LogP contribution in [-0.2, 0) is 0 Å². The molecule has 0 heterocycles. The van der Waals surface area contributed by atoms with Crippen molar-refractivity contribution in [2.75, 3.05) is 0 Å². The first-order valence-electron chi connectivity index (χ1n) is 5.90. The average molecular weight is 282 g/mol. The molecule has 0 aromatic heterocycles. The second-order valence-electron chi connectivity index (χ2n) is 4.34. The zero-order valence-electron chi connectivity index (χ0n) is 10.7. The van der Waals surface area contributed by atoms with Crippen LogP contribution in [0, 0.1) is 0 Å². The summed E-state index contributed by atoms with van der Waals surface area (Å²) in [5.41, 5.74) is 0.581. The Morgan fingerprint density at radius 3 is 1.90 bits per heavy atom. The molecule has 4 atom stereocenters. The molecule has 0 saturated carbocycles. The highest BCUT2D eigenvalue weighted by atomic mass is 16.4. The zero-order chi connectivity index (χ0) is 15.3. The van der Waals surface area contributed by atoms with Crippen molar-refractivity contribution in [3.63, 3.8) is 0 Å². The predicted octanol–water partition coefficient (Wildman–Crippen LogP) is 0.101. The lowest BCUT2D eigenvalue weighted by atomic mass is 10.00. The summed E-state index contributed by atoms with van der Waals surface area (Å²) < 4.78 is 0. The van der Waals surface area contributed by atoms with E-state index in [-0.39, 0.29) is 0 Å². The highest BCUT2D eigenvalue weighted by Crippen LogP contribution is 2.15. The molecule has 110 valence electrons. The first kappa shape index (κ1) is 16.2. The van der Waals surface area contributed by atoms with Gasteiger partial charge in [0.25, 0.3) is 0 Å². The average Bonchev–Trinajstić information content (AvgIpc) is 2.44. The molecule has 6 nitrogen and oxygen atoms in total. The van der Waals surface area contributed by atoms with E-state index in [1.807, 2.05) is 0 Å². The maximum absolute atomic E-state index is 9.70. The Morgan fingerprint density at radius 2 is 1.40 bits per heavy atom. The van der Waals surface area contributed by atoms with E-state index >= 15 is 0 Å². The van der Waals surface area contributed by atoms with E-state index in [9.17, 15) is 25.5 Å². The number of hydrogen-bond acceptors (Lipinski definition) is 6. The molecule has 6 heteroatoms. The third-order valence-electron chi connectivity index (χ3n) is 2.76. The zero-order valence-corrected chi connectivity index (χ0v) is 10.7. The van der Waals surface area contributed by atoms with Gasteiger partial charge in [-0.3, -0.25) is 0 Å². The molecule has 4 unspecified atom stereocenters. The largest absolute Gasteiger partial charge is 0.510 e. The summed E-state index contributed by atoms with van der Waals surface area (Å²) in [6.45, 7) is 3.01. The number of aliphatic hydroxyl groups excluding tert-OH is 6. The van der Waals surface area contributed by atoms with Crippen molar-refractivity contribution in [2.45, 2.75) is 24.4 Å². The normalized spacial score (nSPS) is 18.1. The summed E-state index contributed by atoms with van der Waals surface area (Å²) in [5.74, 6) is -1.34. The fraction of sp³-hybridized carbons (Fsp3) is 0.286. The summed E-state index contributed by atoms with van der Waals surface area (Å²) in [4.78, 5) is 0. The van der Waals surface area contributed by atoms with Gasteiger partial charge in [0.1, 0.15) is 35.9 Å². The molecule has 1 aromatic carbocycles. The van der Waals surface area contributed by atoms with Gasteiger partial charge in [0.15, 0.2) is 0 Å². The van der Waals surface area contributed by atoms with Gasteiger partial charge >= 0.3 is 0 Å². The van der Waals surface area contributed by atoms with E-state index in [1.165, 1.54) is 6.08 Å². The van der Waals surface area contributed by atoms with Gasteiger partial charge in [0.05, 0.1) is 0 Å². The Morgan fingerprint density at radius 1 is 0.900 bits per heavy atom.